The van der Waals surface area contributed by atoms with E-state index in [2.05, 4.69) is 5.32 Å². The summed E-state index contributed by atoms with van der Waals surface area (Å²) in [5, 5.41) is 2.75. The number of piperazine rings is 1. The lowest BCUT2D eigenvalue weighted by atomic mass is 10.2. The third-order valence-corrected chi connectivity index (χ3v) is 2.41. The van der Waals surface area contributed by atoms with Gasteiger partial charge in [0.05, 0.1) is 6.04 Å². The number of carbonyl (C=O) groups is 2. The fraction of sp³-hybridized carbons (Fsp3) is 0.714. The van der Waals surface area contributed by atoms with E-state index in [9.17, 15) is 9.59 Å². The molecule has 5 nitrogen and oxygen atoms in total. The van der Waals surface area contributed by atoms with Gasteiger partial charge in [-0.3, -0.25) is 4.79 Å². The Morgan fingerprint density at radius 1 is 1.50 bits per heavy atom. The molecule has 12 heavy (non-hydrogen) atoms. The Morgan fingerprint density at radius 2 is 2.33 bits per heavy atom. The number of carbonyl (C=O) groups excluding carboxylic acids is 2. The minimum atomic E-state index is 0.00514. The Labute approximate surface area is 70.3 Å². The lowest BCUT2D eigenvalue weighted by Gasteiger charge is -2.34. The molecule has 2 aliphatic rings. The molecule has 3 amide bonds. The average Bonchev–Trinajstić information content (AvgIpc) is 2.47. The summed E-state index contributed by atoms with van der Waals surface area (Å²) < 4.78 is 0. The molecule has 2 saturated heterocycles. The molecule has 2 heterocycles. The summed E-state index contributed by atoms with van der Waals surface area (Å²) in [6.07, 6.45) is 0.847. The van der Waals surface area contributed by atoms with Crippen LogP contribution in [0.4, 0.5) is 4.79 Å². The van der Waals surface area contributed by atoms with Crippen molar-refractivity contribution in [1.82, 2.24) is 15.1 Å². The number of nitrogens with one attached hydrogen (secondary N) is 1. The number of hydrogen-bond acceptors (Lipinski definition) is 2. The molecule has 2 rings (SSSR count). The summed E-state index contributed by atoms with van der Waals surface area (Å²) in [6, 6.07) is 0.196. The molecule has 1 atom stereocenters. The fourth-order valence-electron chi connectivity index (χ4n) is 1.72. The number of amides is 3. The minimum Gasteiger partial charge on any atom is -0.341 e. The first-order valence-corrected chi connectivity index (χ1v) is 4.05. The smallest absolute Gasteiger partial charge is 0.317 e. The Hall–Kier alpha value is -1.26. The van der Waals surface area contributed by atoms with E-state index in [1.807, 2.05) is 0 Å². The summed E-state index contributed by atoms with van der Waals surface area (Å²) in [6.45, 7) is 2.66. The van der Waals surface area contributed by atoms with Gasteiger partial charge >= 0.3 is 6.03 Å². The van der Waals surface area contributed by atoms with E-state index in [0.29, 0.717) is 26.2 Å². The van der Waals surface area contributed by atoms with Gasteiger partial charge in [0.25, 0.3) is 0 Å². The van der Waals surface area contributed by atoms with E-state index in [1.54, 1.807) is 9.80 Å². The third kappa shape index (κ3) is 1.01. The number of nitrogens with zero attached hydrogens (tertiary/aromatic N) is 2. The van der Waals surface area contributed by atoms with Crippen molar-refractivity contribution in [2.45, 2.75) is 6.04 Å². The molecule has 0 aromatic carbocycles. The van der Waals surface area contributed by atoms with Gasteiger partial charge in [-0.05, 0) is 0 Å². The normalized spacial score (nSPS) is 28.3. The van der Waals surface area contributed by atoms with Crippen LogP contribution in [0, 0.1) is 0 Å². The number of rotatable bonds is 1. The standard InChI is InChI=1S/C7H11N3O2/c11-5-9-1-2-10-6(4-9)3-8-7(10)12/h5-6H,1-4H2,(H,8,12). The Morgan fingerprint density at radius 3 is 3.08 bits per heavy atom. The Balaban J connectivity index is 2.03. The maximum absolute atomic E-state index is 11.1. The van der Waals surface area contributed by atoms with Crippen LogP contribution in [0.1, 0.15) is 0 Å². The molecule has 2 fully saturated rings. The van der Waals surface area contributed by atoms with Crippen molar-refractivity contribution < 1.29 is 9.59 Å². The maximum Gasteiger partial charge on any atom is 0.317 e. The minimum absolute atomic E-state index is 0.00514. The Kier molecular flexibility index (Phi) is 1.64. The Bertz CT molecular complexity index is 219. The fourth-order valence-corrected chi connectivity index (χ4v) is 1.72. The van der Waals surface area contributed by atoms with E-state index < -0.39 is 0 Å². The van der Waals surface area contributed by atoms with Gasteiger partial charge in [-0.25, -0.2) is 4.79 Å². The second kappa shape index (κ2) is 2.66. The topological polar surface area (TPSA) is 52.7 Å². The van der Waals surface area contributed by atoms with E-state index in [0.717, 1.165) is 6.41 Å². The van der Waals surface area contributed by atoms with Crippen LogP contribution in [0.5, 0.6) is 0 Å². The molecular weight excluding hydrogens is 158 g/mol. The highest BCUT2D eigenvalue weighted by Gasteiger charge is 2.34. The van der Waals surface area contributed by atoms with Crippen molar-refractivity contribution in [3.63, 3.8) is 0 Å². The zero-order valence-electron chi connectivity index (χ0n) is 6.69. The third-order valence-electron chi connectivity index (χ3n) is 2.41. The highest BCUT2D eigenvalue weighted by atomic mass is 16.2. The second-order valence-electron chi connectivity index (χ2n) is 3.13. The molecule has 2 aliphatic heterocycles. The van der Waals surface area contributed by atoms with Crippen molar-refractivity contribution in [2.75, 3.05) is 26.2 Å². The van der Waals surface area contributed by atoms with E-state index >= 15 is 0 Å². The van der Waals surface area contributed by atoms with Crippen molar-refractivity contribution in [3.05, 3.63) is 0 Å². The summed E-state index contributed by atoms with van der Waals surface area (Å²) in [5.74, 6) is 0. The van der Waals surface area contributed by atoms with Crippen LogP contribution in [0.15, 0.2) is 0 Å². The maximum atomic E-state index is 11.1. The SMILES string of the molecule is O=CN1CCN2C(=O)NCC2C1. The van der Waals surface area contributed by atoms with E-state index in [4.69, 9.17) is 0 Å². The van der Waals surface area contributed by atoms with Gasteiger partial charge in [-0.15, -0.1) is 0 Å². The second-order valence-corrected chi connectivity index (χ2v) is 3.13. The highest BCUT2D eigenvalue weighted by Crippen LogP contribution is 2.12. The highest BCUT2D eigenvalue weighted by molar-refractivity contribution is 5.77. The van der Waals surface area contributed by atoms with Gasteiger partial charge in [0.2, 0.25) is 6.41 Å². The van der Waals surface area contributed by atoms with E-state index in [1.165, 1.54) is 0 Å². The molecular formula is C7H11N3O2. The van der Waals surface area contributed by atoms with Gasteiger partial charge in [0, 0.05) is 26.2 Å². The molecule has 0 aromatic heterocycles. The van der Waals surface area contributed by atoms with Gasteiger partial charge < -0.3 is 15.1 Å². The van der Waals surface area contributed by atoms with Gasteiger partial charge in [-0.2, -0.15) is 0 Å². The molecule has 1 N–H and O–H groups in total. The van der Waals surface area contributed by atoms with Crippen molar-refractivity contribution in [1.29, 1.82) is 0 Å². The summed E-state index contributed by atoms with van der Waals surface area (Å²) >= 11 is 0. The van der Waals surface area contributed by atoms with Crippen LogP contribution >= 0.6 is 0 Å². The predicted molar refractivity (Wildman–Crippen MR) is 41.5 cm³/mol. The van der Waals surface area contributed by atoms with Crippen LogP contribution in [-0.2, 0) is 4.79 Å². The molecule has 5 heteroatoms. The van der Waals surface area contributed by atoms with E-state index in [-0.39, 0.29) is 12.1 Å². The molecule has 0 radical (unpaired) electrons. The van der Waals surface area contributed by atoms with Crippen LogP contribution in [0.3, 0.4) is 0 Å². The van der Waals surface area contributed by atoms with Gasteiger partial charge in [0.15, 0.2) is 0 Å². The largest absolute Gasteiger partial charge is 0.341 e. The van der Waals surface area contributed by atoms with Crippen molar-refractivity contribution >= 4 is 12.4 Å². The first-order valence-electron chi connectivity index (χ1n) is 4.05. The number of urea groups is 1. The lowest BCUT2D eigenvalue weighted by Crippen LogP contribution is -2.51. The monoisotopic (exact) mass is 169 g/mol. The summed E-state index contributed by atoms with van der Waals surface area (Å²) in [7, 11) is 0. The quantitative estimate of drug-likeness (QED) is 0.504. The first-order chi connectivity index (χ1) is 5.81. The summed E-state index contributed by atoms with van der Waals surface area (Å²) in [5.41, 5.74) is 0. The van der Waals surface area contributed by atoms with Crippen LogP contribution in [0.25, 0.3) is 0 Å². The van der Waals surface area contributed by atoms with Gasteiger partial charge in [-0.1, -0.05) is 0 Å². The average molecular weight is 169 g/mol. The molecule has 0 saturated carbocycles. The zero-order valence-corrected chi connectivity index (χ0v) is 6.69. The van der Waals surface area contributed by atoms with Crippen LogP contribution in [0.2, 0.25) is 0 Å². The zero-order chi connectivity index (χ0) is 8.55. The number of hydrogen-bond donors (Lipinski definition) is 1. The van der Waals surface area contributed by atoms with Crippen molar-refractivity contribution in [3.8, 4) is 0 Å². The molecule has 0 aliphatic carbocycles. The lowest BCUT2D eigenvalue weighted by molar-refractivity contribution is -0.120. The first kappa shape index (κ1) is 7.39. The molecule has 1 unspecified atom stereocenters. The molecule has 66 valence electrons. The van der Waals surface area contributed by atoms with Crippen molar-refractivity contribution in [2.24, 2.45) is 0 Å². The molecule has 0 bridgehead atoms. The van der Waals surface area contributed by atoms with Crippen LogP contribution < -0.4 is 5.32 Å². The molecule has 0 aromatic rings. The predicted octanol–water partition coefficient (Wildman–Crippen LogP) is -1.15. The summed E-state index contributed by atoms with van der Waals surface area (Å²) in [4.78, 5) is 25.0. The number of fused-ring (bicyclic) bond motifs is 1. The van der Waals surface area contributed by atoms with Crippen LogP contribution in [-0.4, -0.2) is 54.5 Å². The van der Waals surface area contributed by atoms with Gasteiger partial charge in [0.1, 0.15) is 0 Å². The molecule has 0 spiro atoms.